The Kier molecular flexibility index (Phi) is 3.69. The molecule has 3 rings (SSSR count). The summed E-state index contributed by atoms with van der Waals surface area (Å²) in [5.41, 5.74) is 7.03. The first-order chi connectivity index (χ1) is 10.0. The molecule has 0 radical (unpaired) electrons. The molecule has 2 unspecified atom stereocenters. The smallest absolute Gasteiger partial charge is 0.336 e. The molecule has 1 aliphatic heterocycles. The van der Waals surface area contributed by atoms with E-state index in [2.05, 4.69) is 11.8 Å². The van der Waals surface area contributed by atoms with Gasteiger partial charge in [-0.2, -0.15) is 0 Å². The minimum absolute atomic E-state index is 0.0976. The average Bonchev–Trinajstić information content (AvgIpc) is 2.42. The molecular formula is C16H20N2O3. The second-order valence-corrected chi connectivity index (χ2v) is 5.94. The van der Waals surface area contributed by atoms with Crippen molar-refractivity contribution >= 4 is 11.0 Å². The molecule has 5 heteroatoms. The number of fused-ring (bicyclic) bond motifs is 1. The van der Waals surface area contributed by atoms with E-state index in [1.807, 2.05) is 0 Å². The largest absolute Gasteiger partial charge is 0.508 e. The van der Waals surface area contributed by atoms with Gasteiger partial charge in [-0.25, -0.2) is 4.79 Å². The zero-order chi connectivity index (χ0) is 15.0. The molecule has 5 nitrogen and oxygen atoms in total. The van der Waals surface area contributed by atoms with E-state index in [1.54, 1.807) is 18.2 Å². The predicted octanol–water partition coefficient (Wildman–Crippen LogP) is 1.67. The molecule has 1 aromatic heterocycles. The highest BCUT2D eigenvalue weighted by molar-refractivity contribution is 5.81. The van der Waals surface area contributed by atoms with Crippen LogP contribution in [0, 0.1) is 5.92 Å². The lowest BCUT2D eigenvalue weighted by Crippen LogP contribution is -2.45. The molecule has 112 valence electrons. The van der Waals surface area contributed by atoms with Crippen molar-refractivity contribution in [2.24, 2.45) is 11.7 Å². The Morgan fingerprint density at radius 3 is 3.00 bits per heavy atom. The number of nitrogens with zero attached hydrogens (tertiary/aromatic N) is 1. The number of hydrogen-bond acceptors (Lipinski definition) is 5. The molecule has 2 aromatic rings. The molecule has 21 heavy (non-hydrogen) atoms. The molecule has 0 aliphatic carbocycles. The number of hydrogen-bond donors (Lipinski definition) is 2. The maximum Gasteiger partial charge on any atom is 0.336 e. The Balaban J connectivity index is 1.92. The van der Waals surface area contributed by atoms with E-state index in [4.69, 9.17) is 10.2 Å². The molecule has 0 bridgehead atoms. The van der Waals surface area contributed by atoms with Crippen molar-refractivity contribution in [1.82, 2.24) is 4.90 Å². The summed E-state index contributed by atoms with van der Waals surface area (Å²) in [6.45, 7) is 4.72. The van der Waals surface area contributed by atoms with Crippen LogP contribution in [0.3, 0.4) is 0 Å². The van der Waals surface area contributed by atoms with Crippen LogP contribution in [0.15, 0.2) is 33.5 Å². The van der Waals surface area contributed by atoms with Gasteiger partial charge in [0.1, 0.15) is 11.3 Å². The number of aromatic hydroxyl groups is 1. The summed E-state index contributed by atoms with van der Waals surface area (Å²) in [6.07, 6.45) is 0.974. The molecule has 1 aliphatic rings. The molecule has 0 saturated carbocycles. The Hall–Kier alpha value is -1.85. The van der Waals surface area contributed by atoms with Gasteiger partial charge in [-0.05, 0) is 36.6 Å². The molecule has 2 atom stereocenters. The Morgan fingerprint density at radius 2 is 2.24 bits per heavy atom. The number of piperidine rings is 1. The SMILES string of the molecule is CC1CN(Cc2cc(=O)oc3cc(O)ccc23)CCC1N. The monoisotopic (exact) mass is 288 g/mol. The van der Waals surface area contributed by atoms with Gasteiger partial charge in [-0.3, -0.25) is 4.90 Å². The minimum Gasteiger partial charge on any atom is -0.508 e. The highest BCUT2D eigenvalue weighted by Crippen LogP contribution is 2.24. The Bertz CT molecular complexity index is 710. The quantitative estimate of drug-likeness (QED) is 0.822. The lowest BCUT2D eigenvalue weighted by Gasteiger charge is -2.35. The van der Waals surface area contributed by atoms with Crippen molar-refractivity contribution in [1.29, 1.82) is 0 Å². The normalized spacial score (nSPS) is 23.5. The maximum absolute atomic E-state index is 11.7. The number of likely N-dealkylation sites (tertiary alicyclic amines) is 1. The van der Waals surface area contributed by atoms with Crippen molar-refractivity contribution < 1.29 is 9.52 Å². The topological polar surface area (TPSA) is 79.7 Å². The zero-order valence-corrected chi connectivity index (χ0v) is 12.1. The third-order valence-corrected chi connectivity index (χ3v) is 4.26. The molecule has 0 amide bonds. The Morgan fingerprint density at radius 1 is 1.43 bits per heavy atom. The minimum atomic E-state index is -0.384. The third-order valence-electron chi connectivity index (χ3n) is 4.26. The summed E-state index contributed by atoms with van der Waals surface area (Å²) >= 11 is 0. The highest BCUT2D eigenvalue weighted by Gasteiger charge is 2.23. The van der Waals surface area contributed by atoms with Crippen LogP contribution in [0.25, 0.3) is 11.0 Å². The van der Waals surface area contributed by atoms with E-state index in [1.165, 1.54) is 6.07 Å². The van der Waals surface area contributed by atoms with Gasteiger partial charge in [0.05, 0.1) is 0 Å². The van der Waals surface area contributed by atoms with Crippen LogP contribution in [0.5, 0.6) is 5.75 Å². The first-order valence-corrected chi connectivity index (χ1v) is 7.26. The summed E-state index contributed by atoms with van der Waals surface area (Å²) in [5.74, 6) is 0.551. The summed E-state index contributed by atoms with van der Waals surface area (Å²) in [6, 6.07) is 6.69. The van der Waals surface area contributed by atoms with E-state index in [9.17, 15) is 9.90 Å². The molecule has 1 aromatic carbocycles. The highest BCUT2D eigenvalue weighted by atomic mass is 16.4. The van der Waals surface area contributed by atoms with Crippen LogP contribution in [0.4, 0.5) is 0 Å². The third kappa shape index (κ3) is 2.94. The summed E-state index contributed by atoms with van der Waals surface area (Å²) in [7, 11) is 0. The molecule has 0 spiro atoms. The fourth-order valence-corrected chi connectivity index (χ4v) is 2.98. The van der Waals surface area contributed by atoms with E-state index in [0.717, 1.165) is 30.5 Å². The van der Waals surface area contributed by atoms with Crippen molar-refractivity contribution in [2.75, 3.05) is 13.1 Å². The van der Waals surface area contributed by atoms with Gasteiger partial charge in [0.15, 0.2) is 0 Å². The van der Waals surface area contributed by atoms with Gasteiger partial charge >= 0.3 is 5.63 Å². The fourth-order valence-electron chi connectivity index (χ4n) is 2.98. The van der Waals surface area contributed by atoms with Crippen LogP contribution in [-0.2, 0) is 6.54 Å². The van der Waals surface area contributed by atoms with Crippen molar-refractivity contribution in [2.45, 2.75) is 25.9 Å². The van der Waals surface area contributed by atoms with Crippen molar-refractivity contribution in [3.63, 3.8) is 0 Å². The number of nitrogens with two attached hydrogens (primary N) is 1. The lowest BCUT2D eigenvalue weighted by atomic mass is 9.94. The maximum atomic E-state index is 11.7. The molecule has 1 fully saturated rings. The average molecular weight is 288 g/mol. The first-order valence-electron chi connectivity index (χ1n) is 7.26. The van der Waals surface area contributed by atoms with Crippen LogP contribution >= 0.6 is 0 Å². The summed E-state index contributed by atoms with van der Waals surface area (Å²) in [5, 5.41) is 10.4. The number of benzene rings is 1. The van der Waals surface area contributed by atoms with Gasteiger partial charge in [0.2, 0.25) is 0 Å². The second-order valence-electron chi connectivity index (χ2n) is 5.94. The van der Waals surface area contributed by atoms with E-state index >= 15 is 0 Å². The molecule has 1 saturated heterocycles. The summed E-state index contributed by atoms with van der Waals surface area (Å²) < 4.78 is 5.16. The molecular weight excluding hydrogens is 268 g/mol. The van der Waals surface area contributed by atoms with Gasteiger partial charge < -0.3 is 15.3 Å². The van der Waals surface area contributed by atoms with Crippen LogP contribution in [0.2, 0.25) is 0 Å². The van der Waals surface area contributed by atoms with Crippen LogP contribution in [-0.4, -0.2) is 29.1 Å². The van der Waals surface area contributed by atoms with Crippen molar-refractivity contribution in [3.8, 4) is 5.75 Å². The van der Waals surface area contributed by atoms with Gasteiger partial charge in [0, 0.05) is 36.7 Å². The number of rotatable bonds is 2. The van der Waals surface area contributed by atoms with Crippen molar-refractivity contribution in [3.05, 3.63) is 40.2 Å². The van der Waals surface area contributed by atoms with Crippen LogP contribution in [0.1, 0.15) is 18.9 Å². The first kappa shape index (κ1) is 14.1. The fraction of sp³-hybridized carbons (Fsp3) is 0.438. The van der Waals surface area contributed by atoms with Crippen LogP contribution < -0.4 is 11.4 Å². The number of phenols is 1. The predicted molar refractivity (Wildman–Crippen MR) is 81.2 cm³/mol. The molecule has 2 heterocycles. The van der Waals surface area contributed by atoms with E-state index in [-0.39, 0.29) is 17.4 Å². The number of phenolic OH excluding ortho intramolecular Hbond substituents is 1. The molecule has 3 N–H and O–H groups in total. The van der Waals surface area contributed by atoms with Gasteiger partial charge in [-0.15, -0.1) is 0 Å². The van der Waals surface area contributed by atoms with E-state index in [0.29, 0.717) is 18.0 Å². The van der Waals surface area contributed by atoms with Gasteiger partial charge in [-0.1, -0.05) is 6.92 Å². The summed E-state index contributed by atoms with van der Waals surface area (Å²) in [4.78, 5) is 14.0. The van der Waals surface area contributed by atoms with E-state index < -0.39 is 0 Å². The Labute approximate surface area is 123 Å². The standard InChI is InChI=1S/C16H20N2O3/c1-10-8-18(5-4-14(10)17)9-11-6-16(20)21-15-7-12(19)2-3-13(11)15/h2-3,6-7,10,14,19H,4-5,8-9,17H2,1H3. The zero-order valence-electron chi connectivity index (χ0n) is 12.1. The van der Waals surface area contributed by atoms with Gasteiger partial charge in [0.25, 0.3) is 0 Å². The second kappa shape index (κ2) is 5.50. The lowest BCUT2D eigenvalue weighted by molar-refractivity contribution is 0.158.